The minimum absolute atomic E-state index is 0.0129. The number of benzene rings is 6. The number of fused-ring (bicyclic) bond motifs is 1. The summed E-state index contributed by atoms with van der Waals surface area (Å²) in [5.41, 5.74) is -2.71. The molecule has 1 aliphatic heterocycles. The smallest absolute Gasteiger partial charge is 0.338 e. The fourth-order valence-corrected chi connectivity index (χ4v) is 9.44. The van der Waals surface area contributed by atoms with Crippen molar-refractivity contribution < 1.29 is 47.6 Å². The zero-order valence-corrected chi connectivity index (χ0v) is 36.1. The van der Waals surface area contributed by atoms with Crippen LogP contribution < -0.4 is 10.1 Å². The zero-order valence-electron chi connectivity index (χ0n) is 36.1. The Morgan fingerprint density at radius 1 is 0.779 bits per heavy atom. The lowest BCUT2D eigenvalue weighted by molar-refractivity contribution is -0.184. The molecule has 9 rings (SSSR count). The summed E-state index contributed by atoms with van der Waals surface area (Å²) in [4.78, 5) is 48.7. The molecule has 1 aliphatic rings. The SMILES string of the molecule is C#C[C@]1(c2ccccc2C(=O)O)[C@H](n2cc(F)c3c(NC(c4ccccc4)(c4ccccc4)c4ccc(OC)cc4)ncnc32)O[C@@](F)(COC(=O)c2ccccc2)[C@H]1c1ccccc1C(=O)O. The third kappa shape index (κ3) is 7.44. The first kappa shape index (κ1) is 44.5. The van der Waals surface area contributed by atoms with E-state index in [1.165, 1.54) is 67.0 Å². The summed E-state index contributed by atoms with van der Waals surface area (Å²) in [5.74, 6) is -6.73. The Bertz CT molecular complexity index is 3180. The average Bonchev–Trinajstić information content (AvgIpc) is 3.86. The number of nitrogens with zero attached hydrogens (tertiary/aromatic N) is 3. The second-order valence-corrected chi connectivity index (χ2v) is 16.0. The van der Waals surface area contributed by atoms with Gasteiger partial charge in [-0.25, -0.2) is 33.1 Å². The third-order valence-electron chi connectivity index (χ3n) is 12.4. The summed E-state index contributed by atoms with van der Waals surface area (Å²) in [7, 11) is 1.56. The van der Waals surface area contributed by atoms with Gasteiger partial charge in [0, 0.05) is 6.20 Å². The van der Waals surface area contributed by atoms with Crippen LogP contribution >= 0.6 is 0 Å². The molecule has 68 heavy (non-hydrogen) atoms. The van der Waals surface area contributed by atoms with Crippen molar-refractivity contribution in [1.29, 1.82) is 0 Å². The van der Waals surface area contributed by atoms with Gasteiger partial charge in [-0.3, -0.25) is 0 Å². The summed E-state index contributed by atoms with van der Waals surface area (Å²) in [6.07, 6.45) is 6.85. The number of methoxy groups -OCH3 is 1. The van der Waals surface area contributed by atoms with Gasteiger partial charge in [-0.05, 0) is 64.2 Å². The molecule has 14 heteroatoms. The normalized spacial score (nSPS) is 18.9. The highest BCUT2D eigenvalue weighted by atomic mass is 19.2. The van der Waals surface area contributed by atoms with E-state index in [0.717, 1.165) is 21.9 Å². The number of carbonyl (C=O) groups is 3. The Morgan fingerprint density at radius 2 is 1.34 bits per heavy atom. The standard InChI is InChI=1S/C54H40F2N4O8/c1-3-52(42-26-16-15-25-41(42)49(63)64)45(39-23-13-14-24-40(39)48(61)62)53(56,32-67-50(65)34-17-7-4-8-18-34)68-51(52)60-31-43(55)44-46(57-33-58-47(44)60)59-54(35-19-9-5-10-20-35,36-21-11-6-12-22-36)37-27-29-38(66-2)30-28-37/h1,4-31,33,45,51H,32H2,2H3,(H,61,62)(H,63,64)(H,57,58,59)/t45-,51+,52+,53-/m0/s1. The highest BCUT2D eigenvalue weighted by Crippen LogP contribution is 2.62. The number of ether oxygens (including phenoxy) is 3. The number of halogens is 2. The Labute approximate surface area is 388 Å². The molecule has 1 saturated heterocycles. The fraction of sp³-hybridized carbons (Fsp3) is 0.130. The second-order valence-electron chi connectivity index (χ2n) is 16.0. The highest BCUT2D eigenvalue weighted by molar-refractivity contribution is 5.93. The van der Waals surface area contributed by atoms with E-state index in [4.69, 9.17) is 20.6 Å². The number of rotatable bonds is 14. The largest absolute Gasteiger partial charge is 0.497 e. The van der Waals surface area contributed by atoms with Crippen LogP contribution in [-0.2, 0) is 20.4 Å². The maximum atomic E-state index is 18.8. The van der Waals surface area contributed by atoms with Crippen molar-refractivity contribution in [3.8, 4) is 18.1 Å². The number of esters is 1. The summed E-state index contributed by atoms with van der Waals surface area (Å²) in [5, 5.41) is 24.6. The number of carboxylic acids is 2. The molecule has 2 aromatic heterocycles. The molecular formula is C54H40F2N4O8. The molecule has 12 nitrogen and oxygen atoms in total. The lowest BCUT2D eigenvalue weighted by Crippen LogP contribution is -2.43. The van der Waals surface area contributed by atoms with Crippen LogP contribution in [0.1, 0.15) is 71.0 Å². The van der Waals surface area contributed by atoms with Gasteiger partial charge in [-0.2, -0.15) is 0 Å². The number of carbonyl (C=O) groups excluding carboxylic acids is 1. The van der Waals surface area contributed by atoms with Gasteiger partial charge in [-0.1, -0.05) is 133 Å². The third-order valence-corrected chi connectivity index (χ3v) is 12.4. The highest BCUT2D eigenvalue weighted by Gasteiger charge is 2.68. The summed E-state index contributed by atoms with van der Waals surface area (Å²) >= 11 is 0. The second kappa shape index (κ2) is 18.0. The fourth-order valence-electron chi connectivity index (χ4n) is 9.44. The van der Waals surface area contributed by atoms with E-state index in [0.29, 0.717) is 11.3 Å². The van der Waals surface area contributed by atoms with Gasteiger partial charge in [0.05, 0.1) is 35.1 Å². The first-order valence-electron chi connectivity index (χ1n) is 21.2. The molecule has 0 amide bonds. The maximum absolute atomic E-state index is 18.8. The molecule has 3 heterocycles. The number of aromatic nitrogens is 3. The first-order chi connectivity index (χ1) is 33.0. The minimum atomic E-state index is -3.23. The number of anilines is 1. The zero-order chi connectivity index (χ0) is 47.6. The van der Waals surface area contributed by atoms with E-state index in [2.05, 4.69) is 21.2 Å². The Balaban J connectivity index is 1.30. The molecule has 0 aliphatic carbocycles. The van der Waals surface area contributed by atoms with Crippen LogP contribution in [0.4, 0.5) is 14.6 Å². The number of carboxylic acid groups (broad SMARTS) is 2. The molecule has 0 unspecified atom stereocenters. The van der Waals surface area contributed by atoms with Crippen molar-refractivity contribution in [2.75, 3.05) is 19.0 Å². The van der Waals surface area contributed by atoms with Gasteiger partial charge in [-0.15, -0.1) is 6.42 Å². The summed E-state index contributed by atoms with van der Waals surface area (Å²) in [6, 6.07) is 45.0. The molecule has 0 spiro atoms. The van der Waals surface area contributed by atoms with Gasteiger partial charge in [0.15, 0.2) is 24.3 Å². The van der Waals surface area contributed by atoms with Crippen molar-refractivity contribution in [2.24, 2.45) is 0 Å². The quantitative estimate of drug-likeness (QED) is 0.0541. The van der Waals surface area contributed by atoms with Gasteiger partial charge in [0.25, 0.3) is 5.85 Å². The first-order valence-corrected chi connectivity index (χ1v) is 21.2. The lowest BCUT2D eigenvalue weighted by Gasteiger charge is -2.38. The van der Waals surface area contributed by atoms with Crippen LogP contribution in [0.5, 0.6) is 5.75 Å². The predicted molar refractivity (Wildman–Crippen MR) is 248 cm³/mol. The molecule has 0 saturated carbocycles. The van der Waals surface area contributed by atoms with Gasteiger partial charge in [0.2, 0.25) is 0 Å². The van der Waals surface area contributed by atoms with Crippen LogP contribution in [0.25, 0.3) is 11.0 Å². The Hall–Kier alpha value is -8.67. The van der Waals surface area contributed by atoms with Gasteiger partial charge >= 0.3 is 17.9 Å². The molecule has 0 radical (unpaired) electrons. The van der Waals surface area contributed by atoms with Crippen LogP contribution in [-0.4, -0.2) is 62.2 Å². The van der Waals surface area contributed by atoms with Crippen LogP contribution in [0.15, 0.2) is 176 Å². The van der Waals surface area contributed by atoms with E-state index in [1.807, 2.05) is 72.8 Å². The Morgan fingerprint density at radius 3 is 1.94 bits per heavy atom. The molecule has 3 N–H and O–H groups in total. The monoisotopic (exact) mass is 910 g/mol. The lowest BCUT2D eigenvalue weighted by atomic mass is 9.64. The van der Waals surface area contributed by atoms with Crippen molar-refractivity contribution in [1.82, 2.24) is 14.5 Å². The van der Waals surface area contributed by atoms with Crippen LogP contribution in [0.3, 0.4) is 0 Å². The van der Waals surface area contributed by atoms with Crippen molar-refractivity contribution in [3.63, 3.8) is 0 Å². The molecule has 4 atom stereocenters. The number of hydrogen-bond donors (Lipinski definition) is 3. The number of hydrogen-bond acceptors (Lipinski definition) is 9. The molecule has 1 fully saturated rings. The van der Waals surface area contributed by atoms with E-state index < -0.39 is 64.9 Å². The number of nitrogens with one attached hydrogen (secondary N) is 1. The molecule has 0 bridgehead atoms. The van der Waals surface area contributed by atoms with Crippen molar-refractivity contribution >= 4 is 34.8 Å². The number of alkyl halides is 1. The van der Waals surface area contributed by atoms with Gasteiger partial charge < -0.3 is 34.3 Å². The minimum Gasteiger partial charge on any atom is -0.497 e. The summed E-state index contributed by atoms with van der Waals surface area (Å²) < 4.78 is 54.9. The van der Waals surface area contributed by atoms with E-state index >= 15 is 8.78 Å². The van der Waals surface area contributed by atoms with Crippen molar-refractivity contribution in [3.05, 3.63) is 227 Å². The van der Waals surface area contributed by atoms with E-state index in [1.54, 1.807) is 37.4 Å². The van der Waals surface area contributed by atoms with Crippen LogP contribution in [0, 0.1) is 18.2 Å². The molecule has 8 aromatic rings. The molecular weight excluding hydrogens is 871 g/mol. The average molecular weight is 911 g/mol. The van der Waals surface area contributed by atoms with Crippen molar-refractivity contribution in [2.45, 2.75) is 29.0 Å². The molecule has 6 aromatic carbocycles. The van der Waals surface area contributed by atoms with E-state index in [-0.39, 0.29) is 39.1 Å². The number of aromatic carboxylic acids is 2. The summed E-state index contributed by atoms with van der Waals surface area (Å²) in [6.45, 7) is -1.17. The maximum Gasteiger partial charge on any atom is 0.338 e. The van der Waals surface area contributed by atoms with Gasteiger partial charge in [0.1, 0.15) is 28.8 Å². The van der Waals surface area contributed by atoms with E-state index in [9.17, 15) is 24.6 Å². The Kier molecular flexibility index (Phi) is 11.8. The topological polar surface area (TPSA) is 162 Å². The predicted octanol–water partition coefficient (Wildman–Crippen LogP) is 9.79. The molecule has 338 valence electrons. The van der Waals surface area contributed by atoms with Crippen LogP contribution in [0.2, 0.25) is 0 Å². The number of terminal acetylenes is 1.